The number of rotatable bonds is 3. The first-order valence-electron chi connectivity index (χ1n) is 8.54. The number of pyridine rings is 1. The monoisotopic (exact) mass is 328 g/mol. The van der Waals surface area contributed by atoms with Crippen LogP contribution in [0.5, 0.6) is 0 Å². The van der Waals surface area contributed by atoms with Gasteiger partial charge in [0.1, 0.15) is 0 Å². The molecule has 0 aliphatic carbocycles. The summed E-state index contributed by atoms with van der Waals surface area (Å²) in [6, 6.07) is 8.72. The zero-order valence-electron chi connectivity index (χ0n) is 13.7. The van der Waals surface area contributed by atoms with E-state index < -0.39 is 0 Å². The lowest BCUT2D eigenvalue weighted by atomic mass is 9.83. The number of nitrogens with zero attached hydrogens (tertiary/aromatic N) is 2. The molecule has 0 bridgehead atoms. The third-order valence-corrected chi connectivity index (χ3v) is 6.29. The van der Waals surface area contributed by atoms with Gasteiger partial charge in [-0.1, -0.05) is 6.07 Å². The summed E-state index contributed by atoms with van der Waals surface area (Å²) in [5.41, 5.74) is 1.45. The van der Waals surface area contributed by atoms with Gasteiger partial charge in [0.25, 0.3) is 0 Å². The molecule has 4 rings (SSSR count). The van der Waals surface area contributed by atoms with Gasteiger partial charge in [-0.3, -0.25) is 9.88 Å². The van der Waals surface area contributed by atoms with E-state index >= 15 is 0 Å². The number of hydrogen-bond acceptors (Lipinski definition) is 4. The van der Waals surface area contributed by atoms with Crippen molar-refractivity contribution >= 4 is 11.3 Å². The minimum Gasteiger partial charge on any atom is -0.374 e. The van der Waals surface area contributed by atoms with Gasteiger partial charge in [0.2, 0.25) is 0 Å². The number of hydrogen-bond donors (Lipinski definition) is 0. The van der Waals surface area contributed by atoms with Crippen LogP contribution < -0.4 is 0 Å². The molecular weight excluding hydrogens is 304 g/mol. The highest BCUT2D eigenvalue weighted by Crippen LogP contribution is 2.42. The smallest absolute Gasteiger partial charge is 0.0713 e. The van der Waals surface area contributed by atoms with E-state index in [1.807, 2.05) is 29.8 Å². The van der Waals surface area contributed by atoms with Crippen LogP contribution in [-0.2, 0) is 11.3 Å². The summed E-state index contributed by atoms with van der Waals surface area (Å²) in [7, 11) is 0. The van der Waals surface area contributed by atoms with Crippen LogP contribution >= 0.6 is 11.3 Å². The van der Waals surface area contributed by atoms with E-state index in [1.165, 1.54) is 15.3 Å². The third kappa shape index (κ3) is 3.35. The molecule has 2 aromatic rings. The molecule has 4 heteroatoms. The Morgan fingerprint density at radius 1 is 1.30 bits per heavy atom. The lowest BCUT2D eigenvalue weighted by Crippen LogP contribution is -2.43. The summed E-state index contributed by atoms with van der Waals surface area (Å²) >= 11 is 1.92. The van der Waals surface area contributed by atoms with Crippen molar-refractivity contribution in [3.05, 3.63) is 52.0 Å². The summed E-state index contributed by atoms with van der Waals surface area (Å²) in [4.78, 5) is 9.74. The van der Waals surface area contributed by atoms with Crippen LogP contribution in [0.2, 0.25) is 0 Å². The van der Waals surface area contributed by atoms with E-state index in [9.17, 15) is 0 Å². The van der Waals surface area contributed by atoms with Crippen LogP contribution in [-0.4, -0.2) is 35.2 Å². The van der Waals surface area contributed by atoms with Crippen LogP contribution in [0.3, 0.4) is 0 Å². The van der Waals surface area contributed by atoms with Crippen molar-refractivity contribution in [1.82, 2.24) is 9.88 Å². The highest BCUT2D eigenvalue weighted by atomic mass is 32.1. The Labute approximate surface area is 142 Å². The average Bonchev–Trinajstić information content (AvgIpc) is 3.18. The minimum absolute atomic E-state index is 0.113. The standard InChI is InChI=1S/C19H24N2OS/c1-15-4-5-18(23-15)13-21-9-6-19(7-10-21)11-17(14-22-19)16-3-2-8-20-12-16/h2-5,8,12,17H,6-7,9-11,13-14H2,1H3/t17-/m0/s1. The highest BCUT2D eigenvalue weighted by Gasteiger charge is 2.43. The Balaban J connectivity index is 1.34. The van der Waals surface area contributed by atoms with E-state index in [-0.39, 0.29) is 5.60 Å². The predicted octanol–water partition coefficient (Wildman–Crippen LogP) is 3.99. The Hall–Kier alpha value is -1.23. The SMILES string of the molecule is Cc1ccc(CN2CCC3(CC2)C[C@H](c2cccnc2)CO3)s1. The molecule has 2 saturated heterocycles. The maximum atomic E-state index is 6.30. The van der Waals surface area contributed by atoms with Crippen LogP contribution in [0.1, 0.15) is 40.5 Å². The van der Waals surface area contributed by atoms with E-state index in [4.69, 9.17) is 4.74 Å². The number of aromatic nitrogens is 1. The molecule has 0 unspecified atom stereocenters. The predicted molar refractivity (Wildman–Crippen MR) is 93.8 cm³/mol. The quantitative estimate of drug-likeness (QED) is 0.852. The second kappa shape index (κ2) is 6.34. The second-order valence-corrected chi connectivity index (χ2v) is 8.34. The molecule has 1 atom stereocenters. The van der Waals surface area contributed by atoms with Gasteiger partial charge in [-0.05, 0) is 49.9 Å². The Kier molecular flexibility index (Phi) is 4.22. The van der Waals surface area contributed by atoms with Gasteiger partial charge in [0.15, 0.2) is 0 Å². The summed E-state index contributed by atoms with van der Waals surface area (Å²) in [5, 5.41) is 0. The molecule has 4 heterocycles. The number of aryl methyl sites for hydroxylation is 1. The Morgan fingerprint density at radius 3 is 2.87 bits per heavy atom. The first kappa shape index (κ1) is 15.3. The fourth-order valence-corrected chi connectivity index (χ4v) is 4.87. The number of thiophene rings is 1. The van der Waals surface area contributed by atoms with Gasteiger partial charge in [0, 0.05) is 47.7 Å². The molecule has 0 N–H and O–H groups in total. The molecule has 2 aliphatic heterocycles. The van der Waals surface area contributed by atoms with Crippen LogP contribution in [0.4, 0.5) is 0 Å². The average molecular weight is 328 g/mol. The molecule has 122 valence electrons. The number of piperidine rings is 1. The van der Waals surface area contributed by atoms with E-state index in [1.54, 1.807) is 0 Å². The van der Waals surface area contributed by atoms with Gasteiger partial charge < -0.3 is 4.74 Å². The van der Waals surface area contributed by atoms with E-state index in [0.717, 1.165) is 45.5 Å². The first-order valence-corrected chi connectivity index (χ1v) is 9.36. The minimum atomic E-state index is 0.113. The number of likely N-dealkylation sites (tertiary alicyclic amines) is 1. The lowest BCUT2D eigenvalue weighted by molar-refractivity contribution is -0.0447. The van der Waals surface area contributed by atoms with Crippen molar-refractivity contribution in [2.75, 3.05) is 19.7 Å². The molecule has 2 fully saturated rings. The molecule has 0 aromatic carbocycles. The van der Waals surface area contributed by atoms with Crippen molar-refractivity contribution in [3.8, 4) is 0 Å². The van der Waals surface area contributed by atoms with Crippen molar-refractivity contribution in [1.29, 1.82) is 0 Å². The van der Waals surface area contributed by atoms with Crippen LogP contribution in [0.15, 0.2) is 36.7 Å². The lowest BCUT2D eigenvalue weighted by Gasteiger charge is -2.38. The summed E-state index contributed by atoms with van der Waals surface area (Å²) in [6.07, 6.45) is 7.33. The van der Waals surface area contributed by atoms with Gasteiger partial charge >= 0.3 is 0 Å². The fraction of sp³-hybridized carbons (Fsp3) is 0.526. The molecule has 0 radical (unpaired) electrons. The van der Waals surface area contributed by atoms with E-state index in [0.29, 0.717) is 5.92 Å². The normalized spacial score (nSPS) is 24.3. The summed E-state index contributed by atoms with van der Waals surface area (Å²) in [6.45, 7) is 6.44. The van der Waals surface area contributed by atoms with Crippen molar-refractivity contribution in [3.63, 3.8) is 0 Å². The molecular formula is C19H24N2OS. The Morgan fingerprint density at radius 2 is 2.17 bits per heavy atom. The van der Waals surface area contributed by atoms with Gasteiger partial charge in [-0.15, -0.1) is 11.3 Å². The van der Waals surface area contributed by atoms with Crippen LogP contribution in [0.25, 0.3) is 0 Å². The Bertz CT molecular complexity index is 646. The molecule has 3 nitrogen and oxygen atoms in total. The van der Waals surface area contributed by atoms with Gasteiger partial charge in [-0.2, -0.15) is 0 Å². The molecule has 2 aromatic heterocycles. The van der Waals surface area contributed by atoms with E-state index in [2.05, 4.69) is 35.0 Å². The zero-order chi connectivity index (χ0) is 15.7. The maximum absolute atomic E-state index is 6.30. The molecule has 2 aliphatic rings. The van der Waals surface area contributed by atoms with Crippen molar-refractivity contribution < 1.29 is 4.74 Å². The topological polar surface area (TPSA) is 25.4 Å². The maximum Gasteiger partial charge on any atom is 0.0713 e. The largest absolute Gasteiger partial charge is 0.374 e. The molecule has 0 saturated carbocycles. The number of ether oxygens (including phenoxy) is 1. The summed E-state index contributed by atoms with van der Waals surface area (Å²) < 4.78 is 6.30. The molecule has 23 heavy (non-hydrogen) atoms. The molecule has 1 spiro atoms. The van der Waals surface area contributed by atoms with Crippen molar-refractivity contribution in [2.45, 2.75) is 44.2 Å². The summed E-state index contributed by atoms with van der Waals surface area (Å²) in [5.74, 6) is 0.523. The highest BCUT2D eigenvalue weighted by molar-refractivity contribution is 7.11. The van der Waals surface area contributed by atoms with Gasteiger partial charge in [0.05, 0.1) is 12.2 Å². The second-order valence-electron chi connectivity index (χ2n) is 6.97. The molecule has 0 amide bonds. The fourth-order valence-electron chi connectivity index (χ4n) is 3.93. The van der Waals surface area contributed by atoms with Gasteiger partial charge in [-0.25, -0.2) is 0 Å². The third-order valence-electron chi connectivity index (χ3n) is 5.31. The zero-order valence-corrected chi connectivity index (χ0v) is 14.5. The van der Waals surface area contributed by atoms with Crippen LogP contribution in [0, 0.1) is 6.92 Å². The van der Waals surface area contributed by atoms with Crippen molar-refractivity contribution in [2.24, 2.45) is 0 Å². The first-order chi connectivity index (χ1) is 11.2.